The minimum absolute atomic E-state index is 0.0748. The van der Waals surface area contributed by atoms with Crippen LogP contribution in [0.4, 0.5) is 14.5 Å². The highest BCUT2D eigenvalue weighted by Gasteiger charge is 2.31. The average Bonchev–Trinajstić information content (AvgIpc) is 2.41. The van der Waals surface area contributed by atoms with Crippen molar-refractivity contribution < 1.29 is 18.3 Å². The molecule has 0 aromatic heterocycles. The summed E-state index contributed by atoms with van der Waals surface area (Å²) in [7, 11) is 0. The predicted molar refractivity (Wildman–Crippen MR) is 74.4 cm³/mol. The van der Waals surface area contributed by atoms with E-state index in [-0.39, 0.29) is 11.4 Å². The number of benzene rings is 1. The van der Waals surface area contributed by atoms with Gasteiger partial charge in [0, 0.05) is 18.3 Å². The Morgan fingerprint density at radius 1 is 1.40 bits per heavy atom. The van der Waals surface area contributed by atoms with E-state index in [2.05, 4.69) is 23.9 Å². The van der Waals surface area contributed by atoms with Crippen LogP contribution in [0.1, 0.15) is 33.1 Å². The first-order valence-electron chi connectivity index (χ1n) is 6.96. The minimum Gasteiger partial charge on any atom is -0.435 e. The number of nitrogens with one attached hydrogen (secondary N) is 1. The van der Waals surface area contributed by atoms with Crippen LogP contribution in [0.15, 0.2) is 24.3 Å². The third-order valence-corrected chi connectivity index (χ3v) is 3.79. The van der Waals surface area contributed by atoms with Crippen LogP contribution in [0.3, 0.4) is 0 Å². The van der Waals surface area contributed by atoms with E-state index in [0.717, 1.165) is 31.6 Å². The molecule has 2 atom stereocenters. The Balaban J connectivity index is 1.93. The fourth-order valence-electron chi connectivity index (χ4n) is 2.47. The molecule has 5 heteroatoms. The van der Waals surface area contributed by atoms with Crippen LogP contribution in [0.25, 0.3) is 0 Å². The Morgan fingerprint density at radius 2 is 2.10 bits per heavy atom. The third-order valence-electron chi connectivity index (χ3n) is 3.79. The van der Waals surface area contributed by atoms with E-state index in [0.29, 0.717) is 6.04 Å². The molecule has 1 heterocycles. The highest BCUT2D eigenvalue weighted by molar-refractivity contribution is 5.47. The fourth-order valence-corrected chi connectivity index (χ4v) is 2.47. The molecular formula is C15H21F2NO2. The summed E-state index contributed by atoms with van der Waals surface area (Å²) in [5, 5.41) is 3.43. The smallest absolute Gasteiger partial charge is 0.387 e. The second kappa shape index (κ2) is 6.39. The van der Waals surface area contributed by atoms with Gasteiger partial charge in [0.1, 0.15) is 5.75 Å². The molecule has 2 unspecified atom stereocenters. The number of alkyl halides is 2. The van der Waals surface area contributed by atoms with Crippen LogP contribution in [-0.4, -0.2) is 24.9 Å². The number of hydrogen-bond donors (Lipinski definition) is 1. The molecule has 3 nitrogen and oxygen atoms in total. The summed E-state index contributed by atoms with van der Waals surface area (Å²) in [6, 6.07) is 6.96. The summed E-state index contributed by atoms with van der Waals surface area (Å²) in [4.78, 5) is 0. The maximum Gasteiger partial charge on any atom is 0.387 e. The van der Waals surface area contributed by atoms with Crippen molar-refractivity contribution in [3.05, 3.63) is 24.3 Å². The Labute approximate surface area is 118 Å². The quantitative estimate of drug-likeness (QED) is 0.885. The van der Waals surface area contributed by atoms with Gasteiger partial charge in [-0.25, -0.2) is 0 Å². The topological polar surface area (TPSA) is 30.5 Å². The van der Waals surface area contributed by atoms with E-state index in [4.69, 9.17) is 4.74 Å². The molecule has 0 amide bonds. The lowest BCUT2D eigenvalue weighted by Crippen LogP contribution is -2.41. The molecule has 0 saturated carbocycles. The summed E-state index contributed by atoms with van der Waals surface area (Å²) in [6.45, 7) is 2.21. The first-order valence-corrected chi connectivity index (χ1v) is 6.96. The Hall–Kier alpha value is -1.36. The SMILES string of the molecule is CCC1(C)CC(Nc2ccc(OC(F)F)cc2)CCO1. The normalized spacial score (nSPS) is 26.6. The van der Waals surface area contributed by atoms with Crippen LogP contribution in [0, 0.1) is 0 Å². The molecule has 0 spiro atoms. The average molecular weight is 285 g/mol. The van der Waals surface area contributed by atoms with Crippen molar-refractivity contribution >= 4 is 5.69 Å². The van der Waals surface area contributed by atoms with Gasteiger partial charge in [0.05, 0.1) is 5.60 Å². The zero-order valence-electron chi connectivity index (χ0n) is 11.9. The fraction of sp³-hybridized carbons (Fsp3) is 0.600. The largest absolute Gasteiger partial charge is 0.435 e. The van der Waals surface area contributed by atoms with E-state index in [9.17, 15) is 8.78 Å². The van der Waals surface area contributed by atoms with Crippen LogP contribution in [0.2, 0.25) is 0 Å². The second-order valence-electron chi connectivity index (χ2n) is 5.39. The monoisotopic (exact) mass is 285 g/mol. The highest BCUT2D eigenvalue weighted by atomic mass is 19.3. The maximum absolute atomic E-state index is 12.1. The van der Waals surface area contributed by atoms with Gasteiger partial charge < -0.3 is 14.8 Å². The van der Waals surface area contributed by atoms with Gasteiger partial charge in [0.25, 0.3) is 0 Å². The lowest BCUT2D eigenvalue weighted by Gasteiger charge is -2.38. The van der Waals surface area contributed by atoms with Crippen molar-refractivity contribution in [3.63, 3.8) is 0 Å². The molecule has 112 valence electrons. The summed E-state index contributed by atoms with van der Waals surface area (Å²) in [6.07, 6.45) is 2.87. The lowest BCUT2D eigenvalue weighted by atomic mass is 9.90. The second-order valence-corrected chi connectivity index (χ2v) is 5.39. The molecule has 0 bridgehead atoms. The zero-order valence-corrected chi connectivity index (χ0v) is 11.9. The lowest BCUT2D eigenvalue weighted by molar-refractivity contribution is -0.0709. The van der Waals surface area contributed by atoms with Gasteiger partial charge in [-0.15, -0.1) is 0 Å². The van der Waals surface area contributed by atoms with Crippen molar-refractivity contribution in [2.75, 3.05) is 11.9 Å². The molecule has 0 radical (unpaired) electrons. The van der Waals surface area contributed by atoms with Gasteiger partial charge in [-0.05, 0) is 50.5 Å². The van der Waals surface area contributed by atoms with Crippen LogP contribution < -0.4 is 10.1 Å². The number of rotatable bonds is 5. The number of ether oxygens (including phenoxy) is 2. The van der Waals surface area contributed by atoms with Crippen molar-refractivity contribution in [3.8, 4) is 5.75 Å². The zero-order chi connectivity index (χ0) is 14.6. The molecule has 1 aromatic carbocycles. The molecule has 1 aliphatic rings. The van der Waals surface area contributed by atoms with E-state index in [1.54, 1.807) is 24.3 Å². The van der Waals surface area contributed by atoms with Crippen molar-refractivity contribution in [1.29, 1.82) is 0 Å². The Kier molecular flexibility index (Phi) is 4.81. The molecular weight excluding hydrogens is 264 g/mol. The highest BCUT2D eigenvalue weighted by Crippen LogP contribution is 2.29. The molecule has 0 aliphatic carbocycles. The minimum atomic E-state index is -2.78. The summed E-state index contributed by atoms with van der Waals surface area (Å²) in [5.74, 6) is 0.177. The van der Waals surface area contributed by atoms with Gasteiger partial charge in [0.2, 0.25) is 0 Å². The maximum atomic E-state index is 12.1. The van der Waals surface area contributed by atoms with E-state index in [1.807, 2.05) is 0 Å². The molecule has 1 fully saturated rings. The van der Waals surface area contributed by atoms with Crippen molar-refractivity contribution in [1.82, 2.24) is 0 Å². The van der Waals surface area contributed by atoms with Crippen LogP contribution >= 0.6 is 0 Å². The van der Waals surface area contributed by atoms with E-state index in [1.165, 1.54) is 0 Å². The van der Waals surface area contributed by atoms with Gasteiger partial charge >= 0.3 is 6.61 Å². The van der Waals surface area contributed by atoms with Crippen LogP contribution in [-0.2, 0) is 4.74 Å². The van der Waals surface area contributed by atoms with Gasteiger partial charge in [-0.3, -0.25) is 0 Å². The molecule has 1 aliphatic heterocycles. The van der Waals surface area contributed by atoms with E-state index < -0.39 is 6.61 Å². The molecule has 1 saturated heterocycles. The van der Waals surface area contributed by atoms with Gasteiger partial charge in [-0.2, -0.15) is 8.78 Å². The standard InChI is InChI=1S/C15H21F2NO2/c1-3-15(2)10-12(8-9-19-15)18-11-4-6-13(7-5-11)20-14(16)17/h4-7,12,14,18H,3,8-10H2,1-2H3. The van der Waals surface area contributed by atoms with Gasteiger partial charge in [-0.1, -0.05) is 6.92 Å². The van der Waals surface area contributed by atoms with Gasteiger partial charge in [0.15, 0.2) is 0 Å². The first kappa shape index (κ1) is 15.0. The summed E-state index contributed by atoms with van der Waals surface area (Å²) < 4.78 is 34.3. The Bertz CT molecular complexity index is 424. The number of hydrogen-bond acceptors (Lipinski definition) is 3. The van der Waals surface area contributed by atoms with Crippen LogP contribution in [0.5, 0.6) is 5.75 Å². The third kappa shape index (κ3) is 4.07. The first-order chi connectivity index (χ1) is 9.50. The summed E-state index contributed by atoms with van der Waals surface area (Å²) >= 11 is 0. The Morgan fingerprint density at radius 3 is 2.70 bits per heavy atom. The number of anilines is 1. The molecule has 1 aromatic rings. The predicted octanol–water partition coefficient (Wildman–Crippen LogP) is 4.05. The number of halogens is 2. The molecule has 2 rings (SSSR count). The van der Waals surface area contributed by atoms with Crippen molar-refractivity contribution in [2.24, 2.45) is 0 Å². The molecule has 1 N–H and O–H groups in total. The van der Waals surface area contributed by atoms with E-state index >= 15 is 0 Å². The molecule has 20 heavy (non-hydrogen) atoms. The van der Waals surface area contributed by atoms with Crippen molar-refractivity contribution in [2.45, 2.75) is 51.4 Å². The summed E-state index contributed by atoms with van der Waals surface area (Å²) in [5.41, 5.74) is 0.839.